The quantitative estimate of drug-likeness (QED) is 0.538. The number of aromatic nitrogens is 1. The van der Waals surface area contributed by atoms with Crippen LogP contribution in [0.3, 0.4) is 0 Å². The number of nitrogens with zero attached hydrogens (tertiary/aromatic N) is 3. The molecule has 0 saturated carbocycles. The summed E-state index contributed by atoms with van der Waals surface area (Å²) in [6.45, 7) is 0.183. The Morgan fingerprint density at radius 2 is 1.86 bits per heavy atom. The van der Waals surface area contributed by atoms with E-state index in [1.165, 1.54) is 4.90 Å². The third kappa shape index (κ3) is 6.04. The van der Waals surface area contributed by atoms with Crippen LogP contribution >= 0.6 is 0 Å². The number of hydrogen-bond acceptors (Lipinski definition) is 7. The predicted octanol–water partition coefficient (Wildman–Crippen LogP) is 2.73. The number of rotatable bonds is 7. The molecule has 0 unspecified atom stereocenters. The normalized spacial score (nSPS) is 14.6. The van der Waals surface area contributed by atoms with Gasteiger partial charge in [-0.25, -0.2) is 35.8 Å². The molecule has 1 aromatic heterocycles. The molecule has 3 rings (SSSR count). The monoisotopic (exact) mass is 514 g/mol. The number of sulfonamides is 1. The van der Waals surface area contributed by atoms with Gasteiger partial charge in [0, 0.05) is 19.0 Å². The molecule has 186 valence electrons. The topological polar surface area (TPSA) is 140 Å². The van der Waals surface area contributed by atoms with Crippen LogP contribution in [0.5, 0.6) is 0 Å². The number of carbonyl (C=O) groups is 2. The Hall–Kier alpha value is -3.73. The lowest BCUT2D eigenvalue weighted by atomic mass is 9.96. The molecule has 0 radical (unpaired) electrons. The van der Waals surface area contributed by atoms with Crippen molar-refractivity contribution >= 4 is 27.7 Å². The Morgan fingerprint density at radius 3 is 2.40 bits per heavy atom. The van der Waals surface area contributed by atoms with Crippen molar-refractivity contribution in [3.63, 3.8) is 0 Å². The van der Waals surface area contributed by atoms with Gasteiger partial charge < -0.3 is 10.0 Å². The van der Waals surface area contributed by atoms with Crippen LogP contribution in [0.4, 0.5) is 23.4 Å². The molecule has 14 heteroatoms. The zero-order valence-electron chi connectivity index (χ0n) is 17.8. The van der Waals surface area contributed by atoms with E-state index in [2.05, 4.69) is 4.98 Å². The van der Waals surface area contributed by atoms with E-state index in [1.807, 2.05) is 4.72 Å². The van der Waals surface area contributed by atoms with Crippen LogP contribution in [0.25, 0.3) is 0 Å². The van der Waals surface area contributed by atoms with Crippen molar-refractivity contribution in [1.29, 1.82) is 5.26 Å². The second kappa shape index (κ2) is 10.3. The van der Waals surface area contributed by atoms with Crippen molar-refractivity contribution < 1.29 is 40.7 Å². The first-order valence-corrected chi connectivity index (χ1v) is 11.8. The van der Waals surface area contributed by atoms with Crippen molar-refractivity contribution in [1.82, 2.24) is 9.71 Å². The number of pyridine rings is 1. The number of aromatic carboxylic acids is 1. The number of piperidine rings is 1. The average Bonchev–Trinajstić information content (AvgIpc) is 2.79. The number of benzene rings is 1. The van der Waals surface area contributed by atoms with Gasteiger partial charge in [-0.2, -0.15) is 5.26 Å². The highest BCUT2D eigenvalue weighted by Gasteiger charge is 2.31. The number of nitrogens with one attached hydrogen (secondary N) is 1. The van der Waals surface area contributed by atoms with Crippen molar-refractivity contribution in [2.45, 2.75) is 25.0 Å². The maximum atomic E-state index is 13.4. The molecule has 2 aromatic rings. The molecule has 1 amide bonds. The number of hydrogen-bond donors (Lipinski definition) is 2. The molecule has 35 heavy (non-hydrogen) atoms. The lowest BCUT2D eigenvalue weighted by Gasteiger charge is -2.32. The third-order valence-electron chi connectivity index (χ3n) is 5.36. The van der Waals surface area contributed by atoms with Crippen molar-refractivity contribution in [2.75, 3.05) is 18.0 Å². The minimum atomic E-state index is -4.21. The van der Waals surface area contributed by atoms with Crippen LogP contribution < -0.4 is 9.62 Å². The molecule has 1 fully saturated rings. The lowest BCUT2D eigenvalue weighted by molar-refractivity contribution is -0.123. The van der Waals surface area contributed by atoms with Crippen LogP contribution in [0.15, 0.2) is 24.3 Å². The first-order valence-electron chi connectivity index (χ1n) is 10.1. The molecular weight excluding hydrogens is 496 g/mol. The van der Waals surface area contributed by atoms with E-state index >= 15 is 0 Å². The summed E-state index contributed by atoms with van der Waals surface area (Å²) in [5.74, 6) is -6.46. The highest BCUT2D eigenvalue weighted by molar-refractivity contribution is 7.89. The van der Waals surface area contributed by atoms with Crippen LogP contribution in [0.1, 0.15) is 46.4 Å². The maximum absolute atomic E-state index is 13.4. The van der Waals surface area contributed by atoms with E-state index in [0.29, 0.717) is 6.07 Å². The number of anilines is 1. The predicted molar refractivity (Wildman–Crippen MR) is 113 cm³/mol. The van der Waals surface area contributed by atoms with Gasteiger partial charge in [0.2, 0.25) is 15.9 Å². The molecule has 2 N–H and O–H groups in total. The summed E-state index contributed by atoms with van der Waals surface area (Å²) in [7, 11) is -4.21. The van der Waals surface area contributed by atoms with E-state index in [-0.39, 0.29) is 37.3 Å². The van der Waals surface area contributed by atoms with Gasteiger partial charge in [0.15, 0.2) is 11.6 Å². The summed E-state index contributed by atoms with van der Waals surface area (Å²) < 4.78 is 79.5. The van der Waals surface area contributed by atoms with Crippen molar-refractivity contribution in [3.8, 4) is 6.07 Å². The molecule has 1 aliphatic heterocycles. The van der Waals surface area contributed by atoms with Gasteiger partial charge in [0.25, 0.3) is 6.43 Å². The number of halogens is 4. The van der Waals surface area contributed by atoms with Gasteiger partial charge in [-0.05, 0) is 36.6 Å². The molecule has 1 aromatic carbocycles. The fraction of sp³-hybridized carbons (Fsp3) is 0.333. The first kappa shape index (κ1) is 25.9. The highest BCUT2D eigenvalue weighted by atomic mass is 32.2. The zero-order chi connectivity index (χ0) is 25.9. The Balaban J connectivity index is 1.68. The molecule has 1 saturated heterocycles. The van der Waals surface area contributed by atoms with Crippen LogP contribution in [-0.2, 0) is 20.6 Å². The van der Waals surface area contributed by atoms with Gasteiger partial charge in [-0.3, -0.25) is 9.52 Å². The summed E-state index contributed by atoms with van der Waals surface area (Å²) in [5.41, 5.74) is -2.47. The summed E-state index contributed by atoms with van der Waals surface area (Å²) in [5, 5.41) is 18.4. The molecule has 9 nitrogen and oxygen atoms in total. The molecule has 2 heterocycles. The van der Waals surface area contributed by atoms with E-state index in [4.69, 9.17) is 5.11 Å². The van der Waals surface area contributed by atoms with E-state index in [0.717, 1.165) is 18.2 Å². The zero-order valence-corrected chi connectivity index (χ0v) is 18.7. The third-order valence-corrected chi connectivity index (χ3v) is 6.59. The lowest BCUT2D eigenvalue weighted by Crippen LogP contribution is -2.43. The van der Waals surface area contributed by atoms with Crippen molar-refractivity contribution in [3.05, 3.63) is 58.3 Å². The summed E-state index contributed by atoms with van der Waals surface area (Å²) >= 11 is 0. The summed E-state index contributed by atoms with van der Waals surface area (Å²) in [4.78, 5) is 29.0. The molecule has 0 atom stereocenters. The number of nitriles is 1. The van der Waals surface area contributed by atoms with Crippen LogP contribution in [-0.4, -0.2) is 43.5 Å². The highest BCUT2D eigenvalue weighted by Crippen LogP contribution is 2.30. The standard InChI is InChI=1S/C21H18F4N4O5S/c22-14-2-1-11(7-15(14)23)10-35(33,34)28-20(30)12-3-5-29(6-4-12)16-8-13(9-26)17(21(31)32)18(27-16)19(24)25/h1-2,7-8,12,19H,3-6,10H2,(H,28,30)(H,31,32). The Bertz CT molecular complexity index is 1310. The van der Waals surface area contributed by atoms with Gasteiger partial charge in [0.05, 0.1) is 11.3 Å². The molecule has 1 aliphatic rings. The molecule has 0 aliphatic carbocycles. The second-order valence-corrected chi connectivity index (χ2v) is 9.46. The smallest absolute Gasteiger partial charge is 0.339 e. The first-order chi connectivity index (χ1) is 16.4. The van der Waals surface area contributed by atoms with Gasteiger partial charge in [-0.1, -0.05) is 6.07 Å². The number of carbonyl (C=O) groups excluding carboxylic acids is 1. The fourth-order valence-corrected chi connectivity index (χ4v) is 4.84. The Kier molecular flexibility index (Phi) is 7.59. The van der Waals surface area contributed by atoms with E-state index in [9.17, 15) is 40.8 Å². The summed E-state index contributed by atoms with van der Waals surface area (Å²) in [6.07, 6.45) is -3.02. The number of alkyl halides is 2. The SMILES string of the molecule is N#Cc1cc(N2CCC(C(=O)NS(=O)(=O)Cc3ccc(F)c(F)c3)CC2)nc(C(F)F)c1C(=O)O. The van der Waals surface area contributed by atoms with Crippen molar-refractivity contribution in [2.24, 2.45) is 5.92 Å². The minimum absolute atomic E-state index is 0.0574. The van der Waals surface area contributed by atoms with Crippen LogP contribution in [0, 0.1) is 28.9 Å². The van der Waals surface area contributed by atoms with Crippen LogP contribution in [0.2, 0.25) is 0 Å². The number of carboxylic acids is 1. The van der Waals surface area contributed by atoms with E-state index < -0.39 is 68.5 Å². The molecular formula is C21H18F4N4O5S. The Morgan fingerprint density at radius 1 is 1.20 bits per heavy atom. The van der Waals surface area contributed by atoms with E-state index in [1.54, 1.807) is 6.07 Å². The maximum Gasteiger partial charge on any atom is 0.339 e. The number of amides is 1. The van der Waals surface area contributed by atoms with Gasteiger partial charge >= 0.3 is 5.97 Å². The summed E-state index contributed by atoms with van der Waals surface area (Å²) in [6, 6.07) is 5.20. The van der Waals surface area contributed by atoms with Gasteiger partial charge in [-0.15, -0.1) is 0 Å². The number of carboxylic acid groups (broad SMARTS) is 1. The average molecular weight is 514 g/mol. The fourth-order valence-electron chi connectivity index (χ4n) is 3.68. The minimum Gasteiger partial charge on any atom is -0.478 e. The molecule has 0 spiro atoms. The molecule has 0 bridgehead atoms. The Labute approximate surface area is 197 Å². The van der Waals surface area contributed by atoms with Gasteiger partial charge in [0.1, 0.15) is 23.1 Å². The largest absolute Gasteiger partial charge is 0.478 e. The second-order valence-electron chi connectivity index (χ2n) is 7.74.